The molecule has 0 fully saturated rings. The Morgan fingerprint density at radius 1 is 0.386 bits per heavy atom. The van der Waals surface area contributed by atoms with Crippen LogP contribution < -0.4 is 5.32 Å². The van der Waals surface area contributed by atoms with Gasteiger partial charge in [0.1, 0.15) is 0 Å². The molecule has 6 heteroatoms. The zero-order chi connectivity index (χ0) is 50.7. The highest BCUT2D eigenvalue weighted by atomic mass is 16.5. The van der Waals surface area contributed by atoms with E-state index in [-0.39, 0.29) is 18.5 Å². The zero-order valence-corrected chi connectivity index (χ0v) is 47.5. The minimum atomic E-state index is -0.659. The summed E-state index contributed by atoms with van der Waals surface area (Å²) in [4.78, 5) is 24.5. The van der Waals surface area contributed by atoms with Crippen molar-refractivity contribution < 1.29 is 24.5 Å². The monoisotopic (exact) mass is 988 g/mol. The van der Waals surface area contributed by atoms with E-state index in [1.165, 1.54) is 283 Å². The van der Waals surface area contributed by atoms with Gasteiger partial charge in [-0.3, -0.25) is 9.59 Å². The van der Waals surface area contributed by atoms with Gasteiger partial charge >= 0.3 is 5.97 Å². The number of allylic oxidation sites excluding steroid dienone is 2. The number of ether oxygens (including phenoxy) is 1. The van der Waals surface area contributed by atoms with Crippen LogP contribution in [0.1, 0.15) is 361 Å². The Hall–Kier alpha value is -1.40. The van der Waals surface area contributed by atoms with Gasteiger partial charge in [0.2, 0.25) is 5.91 Å². The molecule has 0 rings (SSSR count). The molecule has 0 aliphatic heterocycles. The number of hydrogen-bond acceptors (Lipinski definition) is 5. The number of unbranched alkanes of at least 4 members (excludes halogenated alkanes) is 47. The van der Waals surface area contributed by atoms with Crippen LogP contribution in [-0.2, 0) is 14.3 Å². The SMILES string of the molecule is CCCCCCCCC/C=C\CCCCCCCC(=O)OCCCCCCCCCCCCCCCCCCCCCCCCCCCCCC(=O)NC(CO)C(O)CCCCCCCCCCCC. The van der Waals surface area contributed by atoms with Gasteiger partial charge in [0, 0.05) is 12.8 Å². The molecule has 0 bridgehead atoms. The Balaban J connectivity index is 3.31. The molecule has 0 saturated heterocycles. The molecule has 70 heavy (non-hydrogen) atoms. The number of hydrogen-bond donors (Lipinski definition) is 3. The molecular formula is C64H125NO5. The highest BCUT2D eigenvalue weighted by Crippen LogP contribution is 2.18. The van der Waals surface area contributed by atoms with Gasteiger partial charge in [-0.2, -0.15) is 0 Å². The van der Waals surface area contributed by atoms with Crippen LogP contribution in [0.5, 0.6) is 0 Å². The Labute approximate surface area is 438 Å². The quantitative estimate of drug-likeness (QED) is 0.0321. The zero-order valence-electron chi connectivity index (χ0n) is 47.5. The molecule has 3 N–H and O–H groups in total. The summed E-state index contributed by atoms with van der Waals surface area (Å²) in [5.41, 5.74) is 0. The number of amides is 1. The van der Waals surface area contributed by atoms with E-state index in [1.54, 1.807) is 0 Å². The van der Waals surface area contributed by atoms with Gasteiger partial charge in [0.25, 0.3) is 0 Å². The van der Waals surface area contributed by atoms with Crippen molar-refractivity contribution >= 4 is 11.9 Å². The summed E-state index contributed by atoms with van der Waals surface area (Å²) in [6, 6.07) is -0.537. The minimum Gasteiger partial charge on any atom is -0.466 e. The summed E-state index contributed by atoms with van der Waals surface area (Å²) in [5.74, 6) is -0.0211. The van der Waals surface area contributed by atoms with Crippen LogP contribution in [0.2, 0.25) is 0 Å². The first-order valence-corrected chi connectivity index (χ1v) is 31.9. The topological polar surface area (TPSA) is 95.9 Å². The highest BCUT2D eigenvalue weighted by Gasteiger charge is 2.20. The molecule has 0 radical (unpaired) electrons. The Bertz CT molecular complexity index is 1050. The van der Waals surface area contributed by atoms with Gasteiger partial charge < -0.3 is 20.3 Å². The Morgan fingerprint density at radius 2 is 0.671 bits per heavy atom. The van der Waals surface area contributed by atoms with Crippen LogP contribution in [0, 0.1) is 0 Å². The van der Waals surface area contributed by atoms with E-state index in [0.29, 0.717) is 25.9 Å². The Morgan fingerprint density at radius 3 is 1.01 bits per heavy atom. The second kappa shape index (κ2) is 60.2. The van der Waals surface area contributed by atoms with Crippen LogP contribution >= 0.6 is 0 Å². The average molecular weight is 989 g/mol. The summed E-state index contributed by atoms with van der Waals surface area (Å²) >= 11 is 0. The van der Waals surface area contributed by atoms with Crippen molar-refractivity contribution in [2.75, 3.05) is 13.2 Å². The molecule has 0 spiro atoms. The van der Waals surface area contributed by atoms with Crippen molar-refractivity contribution in [1.82, 2.24) is 5.32 Å². The molecule has 0 aromatic heterocycles. The first kappa shape index (κ1) is 68.6. The number of carbonyl (C=O) groups excluding carboxylic acids is 2. The van der Waals surface area contributed by atoms with Gasteiger partial charge in [-0.1, -0.05) is 309 Å². The van der Waals surface area contributed by atoms with Crippen molar-refractivity contribution in [1.29, 1.82) is 0 Å². The summed E-state index contributed by atoms with van der Waals surface area (Å²) in [7, 11) is 0. The van der Waals surface area contributed by atoms with E-state index in [4.69, 9.17) is 4.74 Å². The highest BCUT2D eigenvalue weighted by molar-refractivity contribution is 5.76. The first-order chi connectivity index (χ1) is 34.5. The minimum absolute atomic E-state index is 0.0112. The van der Waals surface area contributed by atoms with Crippen molar-refractivity contribution in [3.8, 4) is 0 Å². The second-order valence-electron chi connectivity index (χ2n) is 22.1. The number of aliphatic hydroxyl groups is 2. The number of aliphatic hydroxyl groups excluding tert-OH is 2. The lowest BCUT2D eigenvalue weighted by molar-refractivity contribution is -0.143. The maximum absolute atomic E-state index is 12.4. The molecule has 0 heterocycles. The molecule has 0 saturated carbocycles. The van der Waals surface area contributed by atoms with Crippen LogP contribution in [0.4, 0.5) is 0 Å². The number of rotatable bonds is 60. The molecule has 0 aliphatic carbocycles. The third-order valence-electron chi connectivity index (χ3n) is 15.1. The molecule has 0 aromatic carbocycles. The van der Waals surface area contributed by atoms with Gasteiger partial charge in [-0.15, -0.1) is 0 Å². The predicted molar refractivity (Wildman–Crippen MR) is 306 cm³/mol. The fraction of sp³-hybridized carbons (Fsp3) is 0.938. The molecule has 2 atom stereocenters. The molecule has 1 amide bonds. The van der Waals surface area contributed by atoms with Crippen molar-refractivity contribution in [3.05, 3.63) is 12.2 Å². The number of carbonyl (C=O) groups is 2. The summed E-state index contributed by atoms with van der Waals surface area (Å²) < 4.78 is 5.49. The third kappa shape index (κ3) is 55.9. The van der Waals surface area contributed by atoms with Crippen LogP contribution in [0.25, 0.3) is 0 Å². The molecule has 416 valence electrons. The van der Waals surface area contributed by atoms with Crippen LogP contribution in [0.3, 0.4) is 0 Å². The molecule has 0 aliphatic rings. The van der Waals surface area contributed by atoms with Crippen LogP contribution in [-0.4, -0.2) is 47.4 Å². The van der Waals surface area contributed by atoms with Gasteiger partial charge in [0.15, 0.2) is 0 Å². The average Bonchev–Trinajstić information content (AvgIpc) is 3.36. The van der Waals surface area contributed by atoms with Gasteiger partial charge in [0.05, 0.1) is 25.4 Å². The van der Waals surface area contributed by atoms with E-state index in [2.05, 4.69) is 31.3 Å². The fourth-order valence-electron chi connectivity index (χ4n) is 10.2. The summed E-state index contributed by atoms with van der Waals surface area (Å²) in [6.07, 6.45) is 72.4. The summed E-state index contributed by atoms with van der Waals surface area (Å²) in [5, 5.41) is 23.2. The van der Waals surface area contributed by atoms with E-state index < -0.39 is 12.1 Å². The summed E-state index contributed by atoms with van der Waals surface area (Å²) in [6.45, 7) is 4.96. The van der Waals surface area contributed by atoms with E-state index in [9.17, 15) is 19.8 Å². The van der Waals surface area contributed by atoms with Gasteiger partial charge in [-0.25, -0.2) is 0 Å². The normalized spacial score (nSPS) is 12.6. The predicted octanol–water partition coefficient (Wildman–Crippen LogP) is 20.0. The van der Waals surface area contributed by atoms with E-state index in [0.717, 1.165) is 44.9 Å². The molecule has 2 unspecified atom stereocenters. The standard InChI is InChI=1S/C64H125NO5/c1-3-5-7-9-11-13-15-16-17-32-35-38-42-46-50-54-58-64(69)70-59-55-51-47-43-39-36-33-30-28-26-24-22-20-18-19-21-23-25-27-29-31-34-37-41-45-49-53-57-63(68)65-61(60-66)62(67)56-52-48-44-40-14-12-10-8-6-4-2/h17,32,61-62,66-67H,3-16,18-31,33-60H2,1-2H3,(H,65,68)/b32-17-. The van der Waals surface area contributed by atoms with E-state index >= 15 is 0 Å². The smallest absolute Gasteiger partial charge is 0.305 e. The molecular weight excluding hydrogens is 863 g/mol. The third-order valence-corrected chi connectivity index (χ3v) is 15.1. The largest absolute Gasteiger partial charge is 0.466 e. The van der Waals surface area contributed by atoms with Crippen molar-refractivity contribution in [2.24, 2.45) is 0 Å². The second-order valence-corrected chi connectivity index (χ2v) is 22.1. The van der Waals surface area contributed by atoms with Crippen molar-refractivity contribution in [3.63, 3.8) is 0 Å². The number of nitrogens with one attached hydrogen (secondary N) is 1. The van der Waals surface area contributed by atoms with E-state index in [1.807, 2.05) is 0 Å². The maximum Gasteiger partial charge on any atom is 0.305 e. The van der Waals surface area contributed by atoms with Crippen LogP contribution in [0.15, 0.2) is 12.2 Å². The van der Waals surface area contributed by atoms with Crippen molar-refractivity contribution in [2.45, 2.75) is 373 Å². The lowest BCUT2D eigenvalue weighted by Gasteiger charge is -2.22. The fourth-order valence-corrected chi connectivity index (χ4v) is 10.2. The Kier molecular flexibility index (Phi) is 59.0. The lowest BCUT2D eigenvalue weighted by atomic mass is 10.0. The number of esters is 1. The maximum atomic E-state index is 12.4. The molecule has 0 aromatic rings. The van der Waals surface area contributed by atoms with Gasteiger partial charge in [-0.05, 0) is 51.4 Å². The first-order valence-electron chi connectivity index (χ1n) is 31.9. The lowest BCUT2D eigenvalue weighted by Crippen LogP contribution is -2.45. The molecule has 6 nitrogen and oxygen atoms in total.